The van der Waals surface area contributed by atoms with Crippen LogP contribution in [-0.4, -0.2) is 79.1 Å². The molecule has 2 aliphatic heterocycles. The zero-order valence-corrected chi connectivity index (χ0v) is 11.9. The second-order valence-electron chi connectivity index (χ2n) is 6.57. The molecule has 0 amide bonds. The Bertz CT molecular complexity index is 279. The lowest BCUT2D eigenvalue weighted by Crippen LogP contribution is -2.66. The van der Waals surface area contributed by atoms with E-state index in [1.54, 1.807) is 0 Å². The summed E-state index contributed by atoms with van der Waals surface area (Å²) in [6.45, 7) is 11.2. The molecule has 0 aliphatic carbocycles. The van der Waals surface area contributed by atoms with Crippen LogP contribution in [0.3, 0.4) is 0 Å². The fraction of sp³-hybridized carbons (Fsp3) is 1.00. The van der Waals surface area contributed by atoms with E-state index in [9.17, 15) is 0 Å². The maximum absolute atomic E-state index is 6.10. The number of piperazine rings is 1. The Morgan fingerprint density at radius 3 is 2.24 bits per heavy atom. The first-order valence-electron chi connectivity index (χ1n) is 6.75. The predicted molar refractivity (Wildman–Crippen MR) is 72.2 cm³/mol. The van der Waals surface area contributed by atoms with Crippen LogP contribution in [0.5, 0.6) is 0 Å². The van der Waals surface area contributed by atoms with Gasteiger partial charge in [0.15, 0.2) is 0 Å². The summed E-state index contributed by atoms with van der Waals surface area (Å²) in [5, 5.41) is 0. The minimum absolute atomic E-state index is 0.229. The maximum atomic E-state index is 6.10. The molecular weight excluding hydrogens is 212 g/mol. The van der Waals surface area contributed by atoms with E-state index in [0.29, 0.717) is 0 Å². The van der Waals surface area contributed by atoms with Crippen LogP contribution in [0, 0.1) is 0 Å². The van der Waals surface area contributed by atoms with Crippen LogP contribution in [0.1, 0.15) is 20.3 Å². The average Bonchev–Trinajstić information content (AvgIpc) is 2.65. The van der Waals surface area contributed by atoms with Crippen molar-refractivity contribution in [1.82, 2.24) is 14.7 Å². The Labute approximate surface area is 106 Å². The van der Waals surface area contributed by atoms with Crippen LogP contribution in [-0.2, 0) is 0 Å². The lowest BCUT2D eigenvalue weighted by atomic mass is 9.90. The molecule has 0 aromatic rings. The van der Waals surface area contributed by atoms with E-state index in [-0.39, 0.29) is 11.1 Å². The van der Waals surface area contributed by atoms with Crippen molar-refractivity contribution in [2.75, 3.05) is 53.4 Å². The van der Waals surface area contributed by atoms with Gasteiger partial charge in [0.1, 0.15) is 0 Å². The van der Waals surface area contributed by atoms with Crippen LogP contribution in [0.2, 0.25) is 0 Å². The molecule has 4 heteroatoms. The minimum Gasteiger partial charge on any atom is -0.329 e. The van der Waals surface area contributed by atoms with Crippen molar-refractivity contribution in [2.45, 2.75) is 31.3 Å². The molecule has 0 aromatic carbocycles. The van der Waals surface area contributed by atoms with Gasteiger partial charge in [0.05, 0.1) is 0 Å². The monoisotopic (exact) mass is 240 g/mol. The molecule has 1 unspecified atom stereocenters. The lowest BCUT2D eigenvalue weighted by Gasteiger charge is -2.51. The zero-order valence-electron chi connectivity index (χ0n) is 11.9. The molecule has 2 saturated heterocycles. The largest absolute Gasteiger partial charge is 0.329 e. The fourth-order valence-electron chi connectivity index (χ4n) is 3.26. The standard InChI is InChI=1S/C13H28N4/c1-12(2)10-17(8-7-16(12)4)13(9-14)5-6-15(3)11-13/h5-11,14H2,1-4H3. The Morgan fingerprint density at radius 2 is 1.76 bits per heavy atom. The summed E-state index contributed by atoms with van der Waals surface area (Å²) in [6, 6.07) is 0. The Balaban J connectivity index is 2.11. The van der Waals surface area contributed by atoms with E-state index in [4.69, 9.17) is 5.73 Å². The first-order chi connectivity index (χ1) is 7.89. The van der Waals surface area contributed by atoms with Crippen molar-refractivity contribution in [3.63, 3.8) is 0 Å². The van der Waals surface area contributed by atoms with Gasteiger partial charge in [0, 0.05) is 43.8 Å². The molecule has 2 N–H and O–H groups in total. The molecule has 0 saturated carbocycles. The van der Waals surface area contributed by atoms with Crippen LogP contribution < -0.4 is 5.73 Å². The summed E-state index contributed by atoms with van der Waals surface area (Å²) in [5.74, 6) is 0. The first kappa shape index (κ1) is 13.3. The molecule has 0 aromatic heterocycles. The van der Waals surface area contributed by atoms with Gasteiger partial charge in [-0.3, -0.25) is 9.80 Å². The van der Waals surface area contributed by atoms with Crippen molar-refractivity contribution < 1.29 is 0 Å². The fourth-order valence-corrected chi connectivity index (χ4v) is 3.26. The smallest absolute Gasteiger partial charge is 0.0471 e. The van der Waals surface area contributed by atoms with Crippen molar-refractivity contribution in [3.05, 3.63) is 0 Å². The van der Waals surface area contributed by atoms with Gasteiger partial charge < -0.3 is 10.6 Å². The lowest BCUT2D eigenvalue weighted by molar-refractivity contribution is -0.0177. The Kier molecular flexibility index (Phi) is 3.51. The van der Waals surface area contributed by atoms with E-state index in [2.05, 4.69) is 42.6 Å². The molecule has 2 aliphatic rings. The number of hydrogen-bond donors (Lipinski definition) is 1. The quantitative estimate of drug-likeness (QED) is 0.740. The molecule has 2 heterocycles. The normalized spacial score (nSPS) is 36.5. The van der Waals surface area contributed by atoms with E-state index >= 15 is 0 Å². The second-order valence-corrected chi connectivity index (χ2v) is 6.57. The highest BCUT2D eigenvalue weighted by molar-refractivity contribution is 5.03. The summed E-state index contributed by atoms with van der Waals surface area (Å²) >= 11 is 0. The number of rotatable bonds is 2. The van der Waals surface area contributed by atoms with Gasteiger partial charge in [-0.15, -0.1) is 0 Å². The van der Waals surface area contributed by atoms with E-state index in [0.717, 1.165) is 32.7 Å². The van der Waals surface area contributed by atoms with Gasteiger partial charge in [0.25, 0.3) is 0 Å². The summed E-state index contributed by atoms with van der Waals surface area (Å²) < 4.78 is 0. The van der Waals surface area contributed by atoms with Crippen LogP contribution >= 0.6 is 0 Å². The van der Waals surface area contributed by atoms with E-state index in [1.807, 2.05) is 0 Å². The summed E-state index contributed by atoms with van der Waals surface area (Å²) in [6.07, 6.45) is 1.22. The van der Waals surface area contributed by atoms with Crippen molar-refractivity contribution in [3.8, 4) is 0 Å². The molecule has 2 rings (SSSR count). The molecule has 2 fully saturated rings. The van der Waals surface area contributed by atoms with Gasteiger partial charge in [-0.05, 0) is 40.9 Å². The third kappa shape index (κ3) is 2.36. The summed E-state index contributed by atoms with van der Waals surface area (Å²) in [5.41, 5.74) is 6.60. The summed E-state index contributed by atoms with van der Waals surface area (Å²) in [4.78, 5) is 7.53. The topological polar surface area (TPSA) is 35.7 Å². The van der Waals surface area contributed by atoms with Gasteiger partial charge in [-0.2, -0.15) is 0 Å². The zero-order chi connectivity index (χ0) is 12.7. The van der Waals surface area contributed by atoms with Crippen LogP contribution in [0.15, 0.2) is 0 Å². The molecule has 0 spiro atoms. The predicted octanol–water partition coefficient (Wildman–Crippen LogP) is 0.0454. The highest BCUT2D eigenvalue weighted by atomic mass is 15.4. The van der Waals surface area contributed by atoms with Gasteiger partial charge >= 0.3 is 0 Å². The van der Waals surface area contributed by atoms with Crippen LogP contribution in [0.4, 0.5) is 0 Å². The minimum atomic E-state index is 0.229. The highest BCUT2D eigenvalue weighted by Crippen LogP contribution is 2.31. The third-order valence-electron chi connectivity index (χ3n) is 4.89. The first-order valence-corrected chi connectivity index (χ1v) is 6.75. The number of nitrogens with zero attached hydrogens (tertiary/aromatic N) is 3. The average molecular weight is 240 g/mol. The Hall–Kier alpha value is -0.160. The Morgan fingerprint density at radius 1 is 1.06 bits per heavy atom. The van der Waals surface area contributed by atoms with Gasteiger partial charge in [-0.25, -0.2) is 0 Å². The molecule has 0 radical (unpaired) electrons. The third-order valence-corrected chi connectivity index (χ3v) is 4.89. The molecule has 0 bridgehead atoms. The molecular formula is C13H28N4. The van der Waals surface area contributed by atoms with Gasteiger partial charge in [-0.1, -0.05) is 0 Å². The van der Waals surface area contributed by atoms with Crippen molar-refractivity contribution in [2.24, 2.45) is 5.73 Å². The van der Waals surface area contributed by atoms with E-state index in [1.165, 1.54) is 13.0 Å². The maximum Gasteiger partial charge on any atom is 0.0471 e. The molecule has 4 nitrogen and oxygen atoms in total. The molecule has 17 heavy (non-hydrogen) atoms. The number of likely N-dealkylation sites (tertiary alicyclic amines) is 1. The molecule has 1 atom stereocenters. The molecule has 100 valence electrons. The van der Waals surface area contributed by atoms with Crippen molar-refractivity contribution >= 4 is 0 Å². The number of nitrogens with two attached hydrogens (primary N) is 1. The second kappa shape index (κ2) is 4.50. The van der Waals surface area contributed by atoms with Gasteiger partial charge in [0.2, 0.25) is 0 Å². The van der Waals surface area contributed by atoms with Crippen molar-refractivity contribution in [1.29, 1.82) is 0 Å². The SMILES string of the molecule is CN1CCC(CN)(N2CCN(C)C(C)(C)C2)C1. The van der Waals surface area contributed by atoms with Crippen LogP contribution in [0.25, 0.3) is 0 Å². The highest BCUT2D eigenvalue weighted by Gasteiger charge is 2.45. The number of hydrogen-bond acceptors (Lipinski definition) is 4. The van der Waals surface area contributed by atoms with E-state index < -0.39 is 0 Å². The summed E-state index contributed by atoms with van der Waals surface area (Å²) in [7, 11) is 4.44. The number of likely N-dealkylation sites (N-methyl/N-ethyl adjacent to an activating group) is 2.